The maximum absolute atomic E-state index is 11.7. The molecule has 0 bridgehead atoms. The Bertz CT molecular complexity index is 384. The predicted molar refractivity (Wildman–Crippen MR) is 62.1 cm³/mol. The van der Waals surface area contributed by atoms with Crippen molar-refractivity contribution in [1.82, 2.24) is 0 Å². The van der Waals surface area contributed by atoms with Gasteiger partial charge in [-0.2, -0.15) is 0 Å². The fraction of sp³-hybridized carbons (Fsp3) is 0.786. The first-order valence-electron chi connectivity index (χ1n) is 6.37. The van der Waals surface area contributed by atoms with Crippen LogP contribution < -0.4 is 0 Å². The Kier molecular flexibility index (Phi) is 1.96. The summed E-state index contributed by atoms with van der Waals surface area (Å²) in [7, 11) is 0. The number of carbonyl (C=O) groups is 1. The van der Waals surface area contributed by atoms with E-state index in [4.69, 9.17) is 4.74 Å². The molecule has 16 heavy (non-hydrogen) atoms. The quantitative estimate of drug-likeness (QED) is 0.502. The molecule has 3 aliphatic rings. The summed E-state index contributed by atoms with van der Waals surface area (Å²) in [5, 5.41) is 0. The molecule has 1 aliphatic heterocycles. The van der Waals surface area contributed by atoms with Crippen LogP contribution in [0.4, 0.5) is 0 Å². The molecule has 0 aromatic carbocycles. The molecule has 4 atom stereocenters. The zero-order valence-electron chi connectivity index (χ0n) is 10.4. The second kappa shape index (κ2) is 2.98. The monoisotopic (exact) mass is 220 g/mol. The van der Waals surface area contributed by atoms with Crippen LogP contribution in [0.25, 0.3) is 0 Å². The van der Waals surface area contributed by atoms with Gasteiger partial charge in [0, 0.05) is 0 Å². The average molecular weight is 220 g/mol. The minimum atomic E-state index is -0.405. The standard InChI is InChI=1S/C14H20O2/c1-9-5-4-6-11-7-12-14(16-12,10(2)15)8-13(9,11)3/h6,9,12H,4-5,7-8H2,1-3H3/t9-,12?,13+,14?/m1/s1. The smallest absolute Gasteiger partial charge is 0.164 e. The molecule has 2 fully saturated rings. The van der Waals surface area contributed by atoms with Crippen LogP contribution in [0, 0.1) is 11.3 Å². The molecule has 0 amide bonds. The van der Waals surface area contributed by atoms with Gasteiger partial charge in [-0.1, -0.05) is 25.5 Å². The number of allylic oxidation sites excluding steroid dienone is 1. The van der Waals surface area contributed by atoms with Crippen LogP contribution in [0.5, 0.6) is 0 Å². The maximum Gasteiger partial charge on any atom is 0.164 e. The molecule has 0 aromatic heterocycles. The molecule has 2 aliphatic carbocycles. The first kappa shape index (κ1) is 10.5. The van der Waals surface area contributed by atoms with Gasteiger partial charge in [-0.05, 0) is 43.9 Å². The van der Waals surface area contributed by atoms with Crippen molar-refractivity contribution in [2.75, 3.05) is 0 Å². The third kappa shape index (κ3) is 1.14. The molecular weight excluding hydrogens is 200 g/mol. The molecule has 0 aromatic rings. The lowest BCUT2D eigenvalue weighted by Crippen LogP contribution is -2.43. The molecule has 0 N–H and O–H groups in total. The third-order valence-corrected chi connectivity index (χ3v) is 5.26. The number of rotatable bonds is 1. The highest BCUT2D eigenvalue weighted by molar-refractivity contribution is 5.89. The Labute approximate surface area is 97.1 Å². The molecule has 0 spiro atoms. The van der Waals surface area contributed by atoms with Crippen LogP contribution in [-0.4, -0.2) is 17.5 Å². The van der Waals surface area contributed by atoms with E-state index in [-0.39, 0.29) is 17.3 Å². The van der Waals surface area contributed by atoms with Crippen LogP contribution >= 0.6 is 0 Å². The molecule has 1 saturated heterocycles. The molecule has 88 valence electrons. The SMILES string of the molecule is CC(=O)C12C[C@]3(C)C(=CCC[C@H]3C)CC1O2. The molecular formula is C14H20O2. The number of hydrogen-bond donors (Lipinski definition) is 0. The van der Waals surface area contributed by atoms with Crippen molar-refractivity contribution < 1.29 is 9.53 Å². The Morgan fingerprint density at radius 1 is 1.56 bits per heavy atom. The summed E-state index contributed by atoms with van der Waals surface area (Å²) in [5.41, 5.74) is 1.35. The number of ether oxygens (including phenoxy) is 1. The van der Waals surface area contributed by atoms with Gasteiger partial charge in [0.15, 0.2) is 11.4 Å². The van der Waals surface area contributed by atoms with E-state index >= 15 is 0 Å². The molecule has 2 nitrogen and oxygen atoms in total. The van der Waals surface area contributed by atoms with E-state index in [9.17, 15) is 4.79 Å². The summed E-state index contributed by atoms with van der Waals surface area (Å²) in [4.78, 5) is 11.7. The van der Waals surface area contributed by atoms with Gasteiger partial charge in [0.25, 0.3) is 0 Å². The number of Topliss-reactive ketones (excluding diaryl/α,β-unsaturated/α-hetero) is 1. The third-order valence-electron chi connectivity index (χ3n) is 5.26. The van der Waals surface area contributed by atoms with Crippen molar-refractivity contribution in [3.63, 3.8) is 0 Å². The van der Waals surface area contributed by atoms with E-state index < -0.39 is 5.60 Å². The number of epoxide rings is 1. The van der Waals surface area contributed by atoms with Crippen molar-refractivity contribution in [3.05, 3.63) is 11.6 Å². The van der Waals surface area contributed by atoms with E-state index in [2.05, 4.69) is 19.9 Å². The lowest BCUT2D eigenvalue weighted by molar-refractivity contribution is -0.123. The van der Waals surface area contributed by atoms with E-state index in [1.165, 1.54) is 12.8 Å². The van der Waals surface area contributed by atoms with Crippen molar-refractivity contribution in [1.29, 1.82) is 0 Å². The molecule has 2 unspecified atom stereocenters. The Balaban J connectivity index is 1.97. The van der Waals surface area contributed by atoms with E-state index in [1.54, 1.807) is 12.5 Å². The lowest BCUT2D eigenvalue weighted by Gasteiger charge is -2.45. The summed E-state index contributed by atoms with van der Waals surface area (Å²) >= 11 is 0. The fourth-order valence-electron chi connectivity index (χ4n) is 3.74. The summed E-state index contributed by atoms with van der Waals surface area (Å²) in [6, 6.07) is 0. The zero-order valence-corrected chi connectivity index (χ0v) is 10.4. The molecule has 1 heterocycles. The van der Waals surface area contributed by atoms with Crippen LogP contribution in [-0.2, 0) is 9.53 Å². The first-order valence-corrected chi connectivity index (χ1v) is 6.37. The van der Waals surface area contributed by atoms with Crippen LogP contribution in [0.1, 0.15) is 46.5 Å². The highest BCUT2D eigenvalue weighted by Crippen LogP contribution is 2.61. The first-order chi connectivity index (χ1) is 7.49. The summed E-state index contributed by atoms with van der Waals surface area (Å²) in [5.74, 6) is 0.907. The number of hydrogen-bond acceptors (Lipinski definition) is 2. The second-order valence-corrected chi connectivity index (χ2v) is 6.06. The predicted octanol–water partition coefficient (Wildman–Crippen LogP) is 2.87. The van der Waals surface area contributed by atoms with Gasteiger partial charge in [-0.15, -0.1) is 0 Å². The summed E-state index contributed by atoms with van der Waals surface area (Å²) in [6.07, 6.45) is 6.93. The number of carbonyl (C=O) groups excluding carboxylic acids is 1. The molecule has 1 saturated carbocycles. The summed E-state index contributed by atoms with van der Waals surface area (Å²) in [6.45, 7) is 6.33. The minimum Gasteiger partial charge on any atom is -0.357 e. The normalized spacial score (nSPS) is 50.1. The van der Waals surface area contributed by atoms with E-state index in [1.807, 2.05) is 0 Å². The van der Waals surface area contributed by atoms with E-state index in [0.29, 0.717) is 5.92 Å². The molecule has 0 radical (unpaired) electrons. The van der Waals surface area contributed by atoms with Crippen LogP contribution in [0.3, 0.4) is 0 Å². The number of ketones is 1. The second-order valence-electron chi connectivity index (χ2n) is 6.06. The largest absolute Gasteiger partial charge is 0.357 e. The average Bonchev–Trinajstić information content (AvgIpc) is 2.90. The Morgan fingerprint density at radius 2 is 2.31 bits per heavy atom. The van der Waals surface area contributed by atoms with E-state index in [0.717, 1.165) is 12.8 Å². The zero-order chi connectivity index (χ0) is 11.6. The van der Waals surface area contributed by atoms with Gasteiger partial charge in [-0.25, -0.2) is 0 Å². The summed E-state index contributed by atoms with van der Waals surface area (Å²) < 4.78 is 5.74. The van der Waals surface area contributed by atoms with Crippen molar-refractivity contribution in [3.8, 4) is 0 Å². The highest BCUT2D eigenvalue weighted by atomic mass is 16.6. The number of fused-ring (bicyclic) bond motifs is 2. The van der Waals surface area contributed by atoms with Crippen molar-refractivity contribution >= 4 is 5.78 Å². The Morgan fingerprint density at radius 3 is 3.00 bits per heavy atom. The van der Waals surface area contributed by atoms with Crippen LogP contribution in [0.15, 0.2) is 11.6 Å². The van der Waals surface area contributed by atoms with Crippen molar-refractivity contribution in [2.45, 2.75) is 58.2 Å². The topological polar surface area (TPSA) is 29.6 Å². The molecule has 2 heteroatoms. The van der Waals surface area contributed by atoms with Crippen molar-refractivity contribution in [2.24, 2.45) is 11.3 Å². The fourth-order valence-corrected chi connectivity index (χ4v) is 3.74. The lowest BCUT2D eigenvalue weighted by atomic mass is 9.58. The van der Waals surface area contributed by atoms with Gasteiger partial charge in [0.05, 0.1) is 6.10 Å². The Hall–Kier alpha value is -0.630. The van der Waals surface area contributed by atoms with Crippen LogP contribution in [0.2, 0.25) is 0 Å². The van der Waals surface area contributed by atoms with Gasteiger partial charge in [0.1, 0.15) is 0 Å². The van der Waals surface area contributed by atoms with Gasteiger partial charge in [0.2, 0.25) is 0 Å². The maximum atomic E-state index is 11.7. The molecule has 3 rings (SSSR count). The highest BCUT2D eigenvalue weighted by Gasteiger charge is 2.67. The van der Waals surface area contributed by atoms with Gasteiger partial charge < -0.3 is 4.74 Å². The minimum absolute atomic E-state index is 0.189. The van der Waals surface area contributed by atoms with Gasteiger partial charge in [-0.3, -0.25) is 4.79 Å². The van der Waals surface area contributed by atoms with Gasteiger partial charge >= 0.3 is 0 Å².